The average molecular weight is 332 g/mol. The lowest BCUT2D eigenvalue weighted by molar-refractivity contribution is 0.00781. The second-order valence-electron chi connectivity index (χ2n) is 6.04. The van der Waals surface area contributed by atoms with E-state index >= 15 is 0 Å². The highest BCUT2D eigenvalue weighted by Gasteiger charge is 2.35. The second-order valence-corrected chi connectivity index (χ2v) is 7.09. The van der Waals surface area contributed by atoms with Crippen LogP contribution < -0.4 is 5.32 Å². The van der Waals surface area contributed by atoms with Gasteiger partial charge in [0.15, 0.2) is 5.82 Å². The zero-order valence-electron chi connectivity index (χ0n) is 13.3. The number of nitrogens with one attached hydrogen (secondary N) is 2. The van der Waals surface area contributed by atoms with Gasteiger partial charge in [-0.3, -0.25) is 9.80 Å². The van der Waals surface area contributed by atoms with Crippen molar-refractivity contribution in [1.29, 1.82) is 5.41 Å². The minimum absolute atomic E-state index is 0.239. The molecule has 3 fully saturated rings. The van der Waals surface area contributed by atoms with Crippen molar-refractivity contribution < 1.29 is 4.52 Å². The maximum absolute atomic E-state index is 7.87. The van der Waals surface area contributed by atoms with E-state index in [1.165, 1.54) is 0 Å². The van der Waals surface area contributed by atoms with Crippen LogP contribution in [0.15, 0.2) is 10.6 Å². The van der Waals surface area contributed by atoms with Crippen molar-refractivity contribution in [3.63, 3.8) is 0 Å². The summed E-state index contributed by atoms with van der Waals surface area (Å²) in [5.74, 6) is 1.32. The summed E-state index contributed by atoms with van der Waals surface area (Å²) in [6, 6.07) is 2.19. The number of piperazine rings is 3. The molecule has 0 saturated carbocycles. The molecule has 122 valence electrons. The monoisotopic (exact) mass is 332 g/mol. The number of hydrogen-bond acceptors (Lipinski definition) is 8. The van der Waals surface area contributed by atoms with E-state index in [1.54, 1.807) is 18.3 Å². The van der Waals surface area contributed by atoms with E-state index in [1.807, 2.05) is 13.1 Å². The van der Waals surface area contributed by atoms with E-state index in [0.717, 1.165) is 54.0 Å². The van der Waals surface area contributed by atoms with Crippen LogP contribution in [-0.2, 0) is 0 Å². The molecule has 23 heavy (non-hydrogen) atoms. The highest BCUT2D eigenvalue weighted by Crippen LogP contribution is 2.36. The third kappa shape index (κ3) is 2.56. The van der Waals surface area contributed by atoms with Crippen molar-refractivity contribution in [2.24, 2.45) is 0 Å². The summed E-state index contributed by atoms with van der Waals surface area (Å²) >= 11 is 1.54. The molecule has 0 unspecified atom stereocenters. The summed E-state index contributed by atoms with van der Waals surface area (Å²) in [5, 5.41) is 16.2. The van der Waals surface area contributed by atoms with Gasteiger partial charge in [-0.1, -0.05) is 5.16 Å². The smallest absolute Gasteiger partial charge is 0.268 e. The third-order valence-corrected chi connectivity index (χ3v) is 5.73. The topological polar surface area (TPSA) is 81.3 Å². The maximum atomic E-state index is 7.87. The molecule has 1 atom stereocenters. The van der Waals surface area contributed by atoms with E-state index in [4.69, 9.17) is 9.93 Å². The average Bonchev–Trinajstić information content (AvgIpc) is 3.22. The Kier molecular flexibility index (Phi) is 3.67. The molecule has 7 nitrogen and oxygen atoms in total. The van der Waals surface area contributed by atoms with Crippen LogP contribution in [0.1, 0.15) is 24.4 Å². The molecule has 0 spiro atoms. The Morgan fingerprint density at radius 1 is 1.39 bits per heavy atom. The van der Waals surface area contributed by atoms with E-state index in [0.29, 0.717) is 11.6 Å². The van der Waals surface area contributed by atoms with Gasteiger partial charge in [-0.15, -0.1) is 11.3 Å². The van der Waals surface area contributed by atoms with E-state index in [9.17, 15) is 0 Å². The lowest BCUT2D eigenvalue weighted by Crippen LogP contribution is -2.57. The predicted molar refractivity (Wildman–Crippen MR) is 90.4 cm³/mol. The van der Waals surface area contributed by atoms with Gasteiger partial charge < -0.3 is 15.2 Å². The fourth-order valence-corrected chi connectivity index (χ4v) is 4.28. The van der Waals surface area contributed by atoms with Crippen molar-refractivity contribution >= 4 is 22.0 Å². The largest absolute Gasteiger partial charge is 0.379 e. The predicted octanol–water partition coefficient (Wildman–Crippen LogP) is 1.90. The van der Waals surface area contributed by atoms with Crippen molar-refractivity contribution in [3.8, 4) is 10.8 Å². The first-order valence-corrected chi connectivity index (χ1v) is 8.65. The first kappa shape index (κ1) is 14.8. The first-order valence-electron chi connectivity index (χ1n) is 7.83. The molecule has 5 rings (SSSR count). The zero-order valence-corrected chi connectivity index (χ0v) is 14.1. The lowest BCUT2D eigenvalue weighted by Gasteiger charge is -2.46. The van der Waals surface area contributed by atoms with Gasteiger partial charge in [0.25, 0.3) is 5.89 Å². The molecule has 8 heteroatoms. The molecular formula is C15H20N6OS. The summed E-state index contributed by atoms with van der Waals surface area (Å²) in [6.07, 6.45) is 0. The summed E-state index contributed by atoms with van der Waals surface area (Å²) in [4.78, 5) is 10.4. The van der Waals surface area contributed by atoms with Gasteiger partial charge in [-0.05, 0) is 13.0 Å². The number of fused-ring (bicyclic) bond motifs is 3. The summed E-state index contributed by atoms with van der Waals surface area (Å²) in [5.41, 5.74) is 1.42. The molecule has 2 N–H and O–H groups in total. The maximum Gasteiger partial charge on any atom is 0.268 e. The number of hydrogen-bond donors (Lipinski definition) is 2. The Morgan fingerprint density at radius 3 is 2.74 bits per heavy atom. The van der Waals surface area contributed by atoms with E-state index < -0.39 is 0 Å². The minimum atomic E-state index is 0.239. The van der Waals surface area contributed by atoms with Gasteiger partial charge in [0.2, 0.25) is 0 Å². The quantitative estimate of drug-likeness (QED) is 0.832. The third-order valence-electron chi connectivity index (χ3n) is 4.59. The van der Waals surface area contributed by atoms with E-state index in [-0.39, 0.29) is 6.04 Å². The van der Waals surface area contributed by atoms with Crippen LogP contribution >= 0.6 is 11.3 Å². The Hall–Kier alpha value is -1.77. The molecule has 0 aromatic carbocycles. The molecule has 3 aliphatic rings. The van der Waals surface area contributed by atoms with Gasteiger partial charge >= 0.3 is 0 Å². The van der Waals surface area contributed by atoms with Crippen LogP contribution in [-0.4, -0.2) is 65.4 Å². The highest BCUT2D eigenvalue weighted by atomic mass is 32.1. The molecule has 0 radical (unpaired) electrons. The molecule has 2 aromatic heterocycles. The molecule has 0 amide bonds. The van der Waals surface area contributed by atoms with Crippen LogP contribution in [0.5, 0.6) is 0 Å². The van der Waals surface area contributed by atoms with Crippen molar-refractivity contribution in [2.45, 2.75) is 13.0 Å². The Labute approximate surface area is 138 Å². The van der Waals surface area contributed by atoms with Crippen molar-refractivity contribution in [1.82, 2.24) is 19.9 Å². The van der Waals surface area contributed by atoms with E-state index in [2.05, 4.69) is 25.3 Å². The first-order chi connectivity index (χ1) is 11.2. The Bertz CT molecular complexity index is 730. The molecule has 0 aliphatic carbocycles. The molecule has 2 aromatic rings. The summed E-state index contributed by atoms with van der Waals surface area (Å²) in [7, 11) is 1.86. The van der Waals surface area contributed by atoms with Crippen LogP contribution in [0.4, 0.5) is 5.00 Å². The van der Waals surface area contributed by atoms with Crippen molar-refractivity contribution in [3.05, 3.63) is 17.5 Å². The highest BCUT2D eigenvalue weighted by molar-refractivity contribution is 7.19. The van der Waals surface area contributed by atoms with Gasteiger partial charge in [-0.2, -0.15) is 4.98 Å². The SMILES string of the molecule is CNc1sc(-c2nc([C@H]3CN4CCN3CC4)no2)cc1C(C)=N. The zero-order chi connectivity index (χ0) is 16.0. The molecular weight excluding hydrogens is 312 g/mol. The number of rotatable bonds is 4. The fraction of sp³-hybridized carbons (Fsp3) is 0.533. The molecule has 2 bridgehead atoms. The molecule has 3 saturated heterocycles. The molecule has 3 aliphatic heterocycles. The van der Waals surface area contributed by atoms with Gasteiger partial charge in [-0.25, -0.2) is 0 Å². The number of aromatic nitrogens is 2. The van der Waals surface area contributed by atoms with Crippen LogP contribution in [0.3, 0.4) is 0 Å². The second kappa shape index (κ2) is 5.70. The Morgan fingerprint density at radius 2 is 2.17 bits per heavy atom. The standard InChI is InChI=1S/C15H20N6OS/c1-9(16)10-7-12(23-15(10)17-2)14-18-13(19-22-14)11-8-20-3-5-21(11)6-4-20/h7,11,16-17H,3-6,8H2,1-2H3/t11-/m1/s1. The summed E-state index contributed by atoms with van der Waals surface area (Å²) in [6.45, 7) is 7.20. The van der Waals surface area contributed by atoms with Gasteiger partial charge in [0.05, 0.1) is 15.9 Å². The number of thiophene rings is 1. The van der Waals surface area contributed by atoms with Crippen molar-refractivity contribution in [2.75, 3.05) is 45.1 Å². The minimum Gasteiger partial charge on any atom is -0.379 e. The Balaban J connectivity index is 1.62. The van der Waals surface area contributed by atoms with Crippen LogP contribution in [0.2, 0.25) is 0 Å². The van der Waals surface area contributed by atoms with Crippen LogP contribution in [0.25, 0.3) is 10.8 Å². The summed E-state index contributed by atoms with van der Waals surface area (Å²) < 4.78 is 5.51. The normalized spacial score (nSPS) is 26.4. The van der Waals surface area contributed by atoms with Gasteiger partial charge in [0, 0.05) is 51.0 Å². The van der Waals surface area contributed by atoms with Gasteiger partial charge in [0.1, 0.15) is 0 Å². The fourth-order valence-electron chi connectivity index (χ4n) is 3.29. The number of anilines is 1. The lowest BCUT2D eigenvalue weighted by atomic mass is 10.1. The molecule has 5 heterocycles. The van der Waals surface area contributed by atoms with Crippen LogP contribution in [0, 0.1) is 5.41 Å². The number of nitrogens with zero attached hydrogens (tertiary/aromatic N) is 4.